The Balaban J connectivity index is 2.49. The van der Waals surface area contributed by atoms with Crippen LogP contribution in [0, 0.1) is 11.8 Å². The number of carbonyl (C=O) groups is 3. The summed E-state index contributed by atoms with van der Waals surface area (Å²) in [6.07, 6.45) is 0.0409. The van der Waals surface area contributed by atoms with Crippen LogP contribution in [-0.4, -0.2) is 27.9 Å². The van der Waals surface area contributed by atoms with Crippen LogP contribution in [-0.2, 0) is 16.0 Å². The third kappa shape index (κ3) is 2.11. The number of benzene rings is 1. The second-order valence-electron chi connectivity index (χ2n) is 4.39. The summed E-state index contributed by atoms with van der Waals surface area (Å²) in [7, 11) is 0. The molecule has 0 bridgehead atoms. The molecule has 0 saturated heterocycles. The number of carboxylic acids is 2. The number of fused-ring (bicyclic) bond motifs is 1. The number of carboxylic acid groups (broad SMARTS) is 2. The van der Waals surface area contributed by atoms with Gasteiger partial charge in [0, 0.05) is 5.56 Å². The maximum absolute atomic E-state index is 12.1. The lowest BCUT2D eigenvalue weighted by molar-refractivity contribution is -0.144. The highest BCUT2D eigenvalue weighted by Gasteiger charge is 2.37. The van der Waals surface area contributed by atoms with Crippen molar-refractivity contribution in [3.05, 3.63) is 35.4 Å². The zero-order chi connectivity index (χ0) is 13.3. The Morgan fingerprint density at radius 2 is 1.78 bits per heavy atom. The molecule has 0 heterocycles. The van der Waals surface area contributed by atoms with E-state index in [-0.39, 0.29) is 12.8 Å². The molecule has 5 heteroatoms. The number of hydrogen-bond acceptors (Lipinski definition) is 3. The molecule has 0 spiro atoms. The van der Waals surface area contributed by atoms with Crippen LogP contribution >= 0.6 is 0 Å². The molecule has 0 radical (unpaired) electrons. The lowest BCUT2D eigenvalue weighted by atomic mass is 9.92. The van der Waals surface area contributed by atoms with Gasteiger partial charge in [-0.3, -0.25) is 14.4 Å². The first kappa shape index (κ1) is 12.3. The van der Waals surface area contributed by atoms with E-state index in [0.717, 1.165) is 0 Å². The summed E-state index contributed by atoms with van der Waals surface area (Å²) < 4.78 is 0. The number of Topliss-reactive ketones (excluding diaryl/α,β-unsaturated/α-hetero) is 1. The zero-order valence-electron chi connectivity index (χ0n) is 9.50. The van der Waals surface area contributed by atoms with Gasteiger partial charge in [-0.25, -0.2) is 0 Å². The van der Waals surface area contributed by atoms with Gasteiger partial charge in [0.15, 0.2) is 5.78 Å². The minimum absolute atomic E-state index is 0.155. The fraction of sp³-hybridized carbons (Fsp3) is 0.308. The molecule has 0 fully saturated rings. The van der Waals surface area contributed by atoms with Crippen molar-refractivity contribution in [3.8, 4) is 0 Å². The standard InChI is InChI=1S/C13H12O5/c14-11-9-4-2-1-3-7(9)5-8(12(15)16)6-10(11)13(17)18/h1-4,8,10H,5-6H2,(H,15,16)(H,17,18). The van der Waals surface area contributed by atoms with E-state index in [1.165, 1.54) is 0 Å². The molecule has 0 aromatic heterocycles. The molecule has 18 heavy (non-hydrogen) atoms. The SMILES string of the molecule is O=C(O)C1Cc2ccccc2C(=O)C(C(=O)O)C1. The number of carbonyl (C=O) groups excluding carboxylic acids is 1. The van der Waals surface area contributed by atoms with E-state index < -0.39 is 29.6 Å². The Morgan fingerprint density at radius 1 is 1.11 bits per heavy atom. The van der Waals surface area contributed by atoms with E-state index in [1.54, 1.807) is 24.3 Å². The second-order valence-corrected chi connectivity index (χ2v) is 4.39. The van der Waals surface area contributed by atoms with Gasteiger partial charge < -0.3 is 10.2 Å². The van der Waals surface area contributed by atoms with Gasteiger partial charge in [-0.2, -0.15) is 0 Å². The quantitative estimate of drug-likeness (QED) is 0.606. The highest BCUT2D eigenvalue weighted by Crippen LogP contribution is 2.28. The fourth-order valence-electron chi connectivity index (χ4n) is 2.27. The number of hydrogen-bond donors (Lipinski definition) is 2. The third-order valence-electron chi connectivity index (χ3n) is 3.23. The van der Waals surface area contributed by atoms with Crippen molar-refractivity contribution in [2.24, 2.45) is 11.8 Å². The van der Waals surface area contributed by atoms with Crippen molar-refractivity contribution in [1.29, 1.82) is 0 Å². The summed E-state index contributed by atoms with van der Waals surface area (Å²) in [6.45, 7) is 0. The molecule has 2 N–H and O–H groups in total. The van der Waals surface area contributed by atoms with E-state index >= 15 is 0 Å². The topological polar surface area (TPSA) is 91.7 Å². The lowest BCUT2D eigenvalue weighted by Gasteiger charge is -2.11. The molecule has 0 aliphatic heterocycles. The van der Waals surface area contributed by atoms with Crippen LogP contribution in [0.1, 0.15) is 22.3 Å². The van der Waals surface area contributed by atoms with Crippen LogP contribution in [0.5, 0.6) is 0 Å². The van der Waals surface area contributed by atoms with Crippen molar-refractivity contribution < 1.29 is 24.6 Å². The predicted molar refractivity (Wildman–Crippen MR) is 61.3 cm³/mol. The van der Waals surface area contributed by atoms with Gasteiger partial charge in [0.1, 0.15) is 5.92 Å². The van der Waals surface area contributed by atoms with E-state index in [0.29, 0.717) is 11.1 Å². The van der Waals surface area contributed by atoms with E-state index in [1.807, 2.05) is 0 Å². The van der Waals surface area contributed by atoms with Gasteiger partial charge >= 0.3 is 11.9 Å². The summed E-state index contributed by atoms with van der Waals surface area (Å²) in [5.41, 5.74) is 0.937. The van der Waals surface area contributed by atoms with Crippen LogP contribution in [0.4, 0.5) is 0 Å². The van der Waals surface area contributed by atoms with Gasteiger partial charge in [0.25, 0.3) is 0 Å². The summed E-state index contributed by atoms with van der Waals surface area (Å²) in [5, 5.41) is 18.1. The first-order chi connectivity index (χ1) is 8.50. The van der Waals surface area contributed by atoms with Crippen LogP contribution in [0.2, 0.25) is 0 Å². The van der Waals surface area contributed by atoms with Gasteiger partial charge in [0.2, 0.25) is 0 Å². The molecule has 2 atom stereocenters. The second kappa shape index (κ2) is 4.60. The zero-order valence-corrected chi connectivity index (χ0v) is 9.50. The molecular weight excluding hydrogens is 236 g/mol. The normalized spacial score (nSPS) is 23.0. The van der Waals surface area contributed by atoms with E-state index in [4.69, 9.17) is 10.2 Å². The van der Waals surface area contributed by atoms with Gasteiger partial charge in [-0.1, -0.05) is 24.3 Å². The maximum atomic E-state index is 12.1. The van der Waals surface area contributed by atoms with Crippen molar-refractivity contribution in [2.45, 2.75) is 12.8 Å². The molecule has 0 amide bonds. The minimum atomic E-state index is -1.27. The molecule has 94 valence electrons. The van der Waals surface area contributed by atoms with Gasteiger partial charge in [-0.15, -0.1) is 0 Å². The Morgan fingerprint density at radius 3 is 2.39 bits per heavy atom. The summed E-state index contributed by atoms with van der Waals surface area (Å²) in [5.74, 6) is -4.93. The summed E-state index contributed by atoms with van der Waals surface area (Å²) in [4.78, 5) is 34.2. The first-order valence-electron chi connectivity index (χ1n) is 5.58. The first-order valence-corrected chi connectivity index (χ1v) is 5.58. The Bertz CT molecular complexity index is 520. The number of aliphatic carboxylic acids is 2. The highest BCUT2D eigenvalue weighted by molar-refractivity contribution is 6.09. The highest BCUT2D eigenvalue weighted by atomic mass is 16.4. The monoisotopic (exact) mass is 248 g/mol. The molecule has 1 aliphatic carbocycles. The molecular formula is C13H12O5. The lowest BCUT2D eigenvalue weighted by Crippen LogP contribution is -2.27. The minimum Gasteiger partial charge on any atom is -0.481 e. The fourth-order valence-corrected chi connectivity index (χ4v) is 2.27. The Hall–Kier alpha value is -2.17. The van der Waals surface area contributed by atoms with Gasteiger partial charge in [0.05, 0.1) is 5.92 Å². The molecule has 1 aromatic carbocycles. The van der Waals surface area contributed by atoms with Crippen LogP contribution < -0.4 is 0 Å². The van der Waals surface area contributed by atoms with Crippen molar-refractivity contribution in [2.75, 3.05) is 0 Å². The predicted octanol–water partition coefficient (Wildman–Crippen LogP) is 1.22. The average molecular weight is 248 g/mol. The molecule has 2 unspecified atom stereocenters. The van der Waals surface area contributed by atoms with E-state index in [9.17, 15) is 14.4 Å². The van der Waals surface area contributed by atoms with Crippen LogP contribution in [0.25, 0.3) is 0 Å². The van der Waals surface area contributed by atoms with Crippen LogP contribution in [0.15, 0.2) is 24.3 Å². The molecule has 1 aliphatic rings. The van der Waals surface area contributed by atoms with Gasteiger partial charge in [-0.05, 0) is 18.4 Å². The largest absolute Gasteiger partial charge is 0.481 e. The summed E-state index contributed by atoms with van der Waals surface area (Å²) in [6, 6.07) is 6.59. The van der Waals surface area contributed by atoms with E-state index in [2.05, 4.69) is 0 Å². The van der Waals surface area contributed by atoms with Crippen molar-refractivity contribution in [3.63, 3.8) is 0 Å². The number of rotatable bonds is 2. The molecule has 2 rings (SSSR count). The smallest absolute Gasteiger partial charge is 0.314 e. The van der Waals surface area contributed by atoms with Crippen molar-refractivity contribution in [1.82, 2.24) is 0 Å². The molecule has 1 aromatic rings. The number of ketones is 1. The molecule has 5 nitrogen and oxygen atoms in total. The molecule has 0 saturated carbocycles. The Labute approximate surface area is 103 Å². The van der Waals surface area contributed by atoms with Crippen molar-refractivity contribution >= 4 is 17.7 Å². The maximum Gasteiger partial charge on any atom is 0.314 e. The summed E-state index contributed by atoms with van der Waals surface area (Å²) >= 11 is 0. The Kier molecular flexibility index (Phi) is 3.14. The van der Waals surface area contributed by atoms with Crippen LogP contribution in [0.3, 0.4) is 0 Å². The third-order valence-corrected chi connectivity index (χ3v) is 3.23. The average Bonchev–Trinajstić information content (AvgIpc) is 2.47.